The Morgan fingerprint density at radius 3 is 2.60 bits per heavy atom. The van der Waals surface area contributed by atoms with Gasteiger partial charge in [0.05, 0.1) is 30.6 Å². The fraction of sp³-hybridized carbons (Fsp3) is 0.105. The SMILES string of the molecule is COc1ccc2c(c1)c1ccnc3c4nc(OC)ccc4c(=O)n2c13. The number of pyridine rings is 3. The topological polar surface area (TPSA) is 65.7 Å². The molecule has 0 N–H and O–H groups in total. The fourth-order valence-corrected chi connectivity index (χ4v) is 3.48. The van der Waals surface area contributed by atoms with Crippen LogP contribution in [0.1, 0.15) is 0 Å². The maximum Gasteiger partial charge on any atom is 0.265 e. The average molecular weight is 331 g/mol. The number of methoxy groups -OCH3 is 2. The van der Waals surface area contributed by atoms with Crippen molar-refractivity contribution in [2.24, 2.45) is 0 Å². The lowest BCUT2D eigenvalue weighted by Gasteiger charge is -2.06. The van der Waals surface area contributed by atoms with Crippen LogP contribution >= 0.6 is 0 Å². The molecule has 0 bridgehead atoms. The number of aromatic nitrogens is 3. The van der Waals surface area contributed by atoms with E-state index in [9.17, 15) is 4.79 Å². The molecule has 0 atom stereocenters. The normalized spacial score (nSPS) is 11.8. The Labute approximate surface area is 141 Å². The number of hydrogen-bond donors (Lipinski definition) is 0. The van der Waals surface area contributed by atoms with Gasteiger partial charge in [0.2, 0.25) is 5.88 Å². The van der Waals surface area contributed by atoms with E-state index in [1.54, 1.807) is 36.9 Å². The van der Waals surface area contributed by atoms with Gasteiger partial charge in [-0.3, -0.25) is 14.2 Å². The van der Waals surface area contributed by atoms with Crippen LogP contribution in [-0.2, 0) is 0 Å². The molecule has 6 heteroatoms. The molecule has 1 aromatic carbocycles. The van der Waals surface area contributed by atoms with Crippen molar-refractivity contribution in [3.8, 4) is 11.6 Å². The van der Waals surface area contributed by atoms with Crippen LogP contribution in [0.3, 0.4) is 0 Å². The van der Waals surface area contributed by atoms with Gasteiger partial charge in [0.15, 0.2) is 0 Å². The van der Waals surface area contributed by atoms with E-state index in [2.05, 4.69) is 9.97 Å². The molecule has 0 fully saturated rings. The summed E-state index contributed by atoms with van der Waals surface area (Å²) < 4.78 is 12.3. The Balaban J connectivity index is 2.13. The summed E-state index contributed by atoms with van der Waals surface area (Å²) in [6.45, 7) is 0. The van der Waals surface area contributed by atoms with Gasteiger partial charge in [-0.1, -0.05) is 0 Å². The third-order valence-corrected chi connectivity index (χ3v) is 4.62. The van der Waals surface area contributed by atoms with Crippen molar-refractivity contribution in [2.45, 2.75) is 0 Å². The van der Waals surface area contributed by atoms with Crippen LogP contribution in [0.4, 0.5) is 0 Å². The van der Waals surface area contributed by atoms with Crippen LogP contribution in [0.5, 0.6) is 11.6 Å². The van der Waals surface area contributed by atoms with Crippen LogP contribution in [0.2, 0.25) is 0 Å². The van der Waals surface area contributed by atoms with Crippen molar-refractivity contribution < 1.29 is 9.47 Å². The number of benzene rings is 1. The molecule has 0 amide bonds. The van der Waals surface area contributed by atoms with Crippen molar-refractivity contribution >= 4 is 38.2 Å². The third-order valence-electron chi connectivity index (χ3n) is 4.62. The highest BCUT2D eigenvalue weighted by molar-refractivity contribution is 6.18. The highest BCUT2D eigenvalue weighted by Crippen LogP contribution is 2.34. The summed E-state index contributed by atoms with van der Waals surface area (Å²) in [7, 11) is 3.18. The molecule has 0 aliphatic carbocycles. The highest BCUT2D eigenvalue weighted by Gasteiger charge is 2.19. The van der Waals surface area contributed by atoms with Crippen molar-refractivity contribution in [3.63, 3.8) is 0 Å². The summed E-state index contributed by atoms with van der Waals surface area (Å²) in [5.41, 5.74) is 2.72. The summed E-state index contributed by atoms with van der Waals surface area (Å²) in [4.78, 5) is 22.1. The van der Waals surface area contributed by atoms with Gasteiger partial charge < -0.3 is 9.47 Å². The lowest BCUT2D eigenvalue weighted by atomic mass is 10.1. The minimum absolute atomic E-state index is 0.115. The lowest BCUT2D eigenvalue weighted by Crippen LogP contribution is -2.14. The van der Waals surface area contributed by atoms with Crippen LogP contribution in [0, 0.1) is 0 Å². The predicted molar refractivity (Wildman–Crippen MR) is 96.1 cm³/mol. The highest BCUT2D eigenvalue weighted by atomic mass is 16.5. The van der Waals surface area contributed by atoms with E-state index in [0.29, 0.717) is 22.3 Å². The Morgan fingerprint density at radius 1 is 0.920 bits per heavy atom. The minimum Gasteiger partial charge on any atom is -0.497 e. The van der Waals surface area contributed by atoms with E-state index in [-0.39, 0.29) is 5.56 Å². The van der Waals surface area contributed by atoms with Crippen LogP contribution in [0.15, 0.2) is 47.4 Å². The second kappa shape index (κ2) is 4.80. The molecule has 0 saturated carbocycles. The Bertz CT molecular complexity index is 1340. The number of ether oxygens (including phenoxy) is 2. The zero-order valence-electron chi connectivity index (χ0n) is 13.6. The van der Waals surface area contributed by atoms with Gasteiger partial charge in [-0.25, -0.2) is 4.98 Å². The van der Waals surface area contributed by atoms with E-state index in [1.165, 1.54) is 0 Å². The number of fused-ring (bicyclic) bond motifs is 5. The molecular formula is C19H13N3O3. The largest absolute Gasteiger partial charge is 0.497 e. The summed E-state index contributed by atoms with van der Waals surface area (Å²) >= 11 is 0. The molecule has 5 aromatic rings. The molecule has 25 heavy (non-hydrogen) atoms. The maximum atomic E-state index is 13.1. The Kier molecular flexibility index (Phi) is 2.68. The minimum atomic E-state index is -0.115. The molecule has 0 radical (unpaired) electrons. The predicted octanol–water partition coefficient (Wildman–Crippen LogP) is 3.00. The van der Waals surface area contributed by atoms with E-state index in [1.807, 2.05) is 24.3 Å². The quantitative estimate of drug-likeness (QED) is 0.465. The van der Waals surface area contributed by atoms with Gasteiger partial charge in [-0.2, -0.15) is 0 Å². The lowest BCUT2D eigenvalue weighted by molar-refractivity contribution is 0.399. The zero-order chi connectivity index (χ0) is 17.1. The standard InChI is InChI=1S/C19H13N3O3/c1-24-10-3-5-14-13(9-10)11-7-8-20-17-16-12(4-6-15(21-16)25-2)19(23)22(14)18(11)17/h3-9H,1-2H3. The molecule has 122 valence electrons. The smallest absolute Gasteiger partial charge is 0.265 e. The van der Waals surface area contributed by atoms with Gasteiger partial charge in [0, 0.05) is 23.0 Å². The number of rotatable bonds is 2. The maximum absolute atomic E-state index is 13.1. The summed E-state index contributed by atoms with van der Waals surface area (Å²) in [5, 5.41) is 2.41. The van der Waals surface area contributed by atoms with Crippen molar-refractivity contribution in [2.75, 3.05) is 14.2 Å². The van der Waals surface area contributed by atoms with E-state index in [0.717, 1.165) is 27.6 Å². The van der Waals surface area contributed by atoms with Gasteiger partial charge in [-0.05, 0) is 30.3 Å². The van der Waals surface area contributed by atoms with Gasteiger partial charge in [0.25, 0.3) is 5.56 Å². The first kappa shape index (κ1) is 14.0. The summed E-state index contributed by atoms with van der Waals surface area (Å²) in [6, 6.07) is 11.0. The molecule has 4 aromatic heterocycles. The van der Waals surface area contributed by atoms with Crippen LogP contribution < -0.4 is 15.0 Å². The molecule has 5 rings (SSSR count). The molecule has 0 unspecified atom stereocenters. The summed E-state index contributed by atoms with van der Waals surface area (Å²) in [6.07, 6.45) is 1.74. The molecule has 0 aliphatic rings. The van der Waals surface area contributed by atoms with Gasteiger partial charge >= 0.3 is 0 Å². The Hall–Kier alpha value is -3.41. The third kappa shape index (κ3) is 1.71. The molecule has 0 spiro atoms. The van der Waals surface area contributed by atoms with Crippen molar-refractivity contribution in [1.29, 1.82) is 0 Å². The molecule has 0 aliphatic heterocycles. The molecule has 4 heterocycles. The molecule has 0 saturated heterocycles. The summed E-state index contributed by atoms with van der Waals surface area (Å²) in [5.74, 6) is 1.20. The second-order valence-corrected chi connectivity index (χ2v) is 5.83. The molecular weight excluding hydrogens is 318 g/mol. The first-order chi connectivity index (χ1) is 12.2. The second-order valence-electron chi connectivity index (χ2n) is 5.83. The number of nitrogens with zero attached hydrogens (tertiary/aromatic N) is 3. The van der Waals surface area contributed by atoms with E-state index in [4.69, 9.17) is 9.47 Å². The van der Waals surface area contributed by atoms with Crippen molar-refractivity contribution in [1.82, 2.24) is 14.4 Å². The molecule has 6 nitrogen and oxygen atoms in total. The zero-order valence-corrected chi connectivity index (χ0v) is 13.6. The first-order valence-corrected chi connectivity index (χ1v) is 7.80. The van der Waals surface area contributed by atoms with Gasteiger partial charge in [0.1, 0.15) is 16.8 Å². The monoisotopic (exact) mass is 331 g/mol. The van der Waals surface area contributed by atoms with Crippen molar-refractivity contribution in [3.05, 3.63) is 52.9 Å². The van der Waals surface area contributed by atoms with Gasteiger partial charge in [-0.15, -0.1) is 0 Å². The Morgan fingerprint density at radius 2 is 1.80 bits per heavy atom. The first-order valence-electron chi connectivity index (χ1n) is 7.80. The van der Waals surface area contributed by atoms with E-state index < -0.39 is 0 Å². The fourth-order valence-electron chi connectivity index (χ4n) is 3.48. The number of hydrogen-bond acceptors (Lipinski definition) is 5. The van der Waals surface area contributed by atoms with E-state index >= 15 is 0 Å². The van der Waals surface area contributed by atoms with Crippen LogP contribution in [0.25, 0.3) is 38.2 Å². The average Bonchev–Trinajstić information content (AvgIpc) is 3.00. The van der Waals surface area contributed by atoms with Crippen LogP contribution in [-0.4, -0.2) is 28.6 Å².